The molecule has 7 nitrogen and oxygen atoms in total. The van der Waals surface area contributed by atoms with E-state index in [0.29, 0.717) is 23.9 Å². The van der Waals surface area contributed by atoms with E-state index in [-0.39, 0.29) is 23.8 Å². The van der Waals surface area contributed by atoms with Crippen LogP contribution in [-0.4, -0.2) is 39.7 Å². The number of furan rings is 1. The minimum atomic E-state index is -0.0976. The van der Waals surface area contributed by atoms with Crippen LogP contribution in [0.5, 0.6) is 0 Å². The van der Waals surface area contributed by atoms with Crippen LogP contribution < -0.4 is 5.56 Å². The molecule has 0 fully saturated rings. The lowest BCUT2D eigenvalue weighted by atomic mass is 9.97. The average Bonchev–Trinajstić information content (AvgIpc) is 3.39. The Hall–Kier alpha value is -2.57. The van der Waals surface area contributed by atoms with E-state index in [2.05, 4.69) is 0 Å². The molecule has 0 saturated heterocycles. The number of thiophene rings is 1. The molecular formula is C21H22N4O3S2. The number of thioether (sulfide) groups is 1. The number of hydrogen-bond acceptors (Lipinski definition) is 7. The van der Waals surface area contributed by atoms with Gasteiger partial charge in [0, 0.05) is 18.5 Å². The van der Waals surface area contributed by atoms with Crippen molar-refractivity contribution in [2.75, 3.05) is 19.3 Å². The highest BCUT2D eigenvalue weighted by Gasteiger charge is 2.23. The standard InChI is InChI=1S/C21H22N4O3S2/c1-24(10-5-9-22)17(26)13-29-21-23-19-18(15-7-2-3-8-16(15)30-19)20(27)25(21)12-14-6-4-11-28-14/h4,6,11H,2-3,5,7-8,10,12-13H2,1H3. The van der Waals surface area contributed by atoms with Crippen molar-refractivity contribution in [3.63, 3.8) is 0 Å². The second-order valence-corrected chi connectivity index (χ2v) is 9.29. The number of amides is 1. The van der Waals surface area contributed by atoms with Gasteiger partial charge in [0.1, 0.15) is 10.6 Å². The summed E-state index contributed by atoms with van der Waals surface area (Å²) in [5, 5.41) is 9.96. The van der Waals surface area contributed by atoms with Gasteiger partial charge in [-0.05, 0) is 43.4 Å². The van der Waals surface area contributed by atoms with Gasteiger partial charge in [-0.1, -0.05) is 11.8 Å². The maximum absolute atomic E-state index is 13.5. The Morgan fingerprint density at radius 2 is 2.27 bits per heavy atom. The van der Waals surface area contributed by atoms with Crippen LogP contribution in [0, 0.1) is 11.3 Å². The second-order valence-electron chi connectivity index (χ2n) is 7.27. The molecule has 3 heterocycles. The smallest absolute Gasteiger partial charge is 0.263 e. The van der Waals surface area contributed by atoms with Crippen molar-refractivity contribution in [3.05, 3.63) is 45.0 Å². The van der Waals surface area contributed by atoms with Crippen LogP contribution in [0.1, 0.15) is 35.5 Å². The maximum atomic E-state index is 13.5. The third kappa shape index (κ3) is 4.16. The van der Waals surface area contributed by atoms with Gasteiger partial charge in [-0.15, -0.1) is 11.3 Å². The fourth-order valence-electron chi connectivity index (χ4n) is 3.61. The topological polar surface area (TPSA) is 92.1 Å². The summed E-state index contributed by atoms with van der Waals surface area (Å²) in [6.07, 6.45) is 6.03. The number of nitrogens with zero attached hydrogens (tertiary/aromatic N) is 4. The molecule has 0 unspecified atom stereocenters. The Kier molecular flexibility index (Phi) is 6.25. The first-order valence-corrected chi connectivity index (χ1v) is 11.7. The number of carbonyl (C=O) groups excluding carboxylic acids is 1. The highest BCUT2D eigenvalue weighted by molar-refractivity contribution is 7.99. The normalized spacial score (nSPS) is 13.2. The fourth-order valence-corrected chi connectivity index (χ4v) is 5.85. The van der Waals surface area contributed by atoms with Crippen molar-refractivity contribution in [3.8, 4) is 6.07 Å². The molecule has 1 aliphatic carbocycles. The van der Waals surface area contributed by atoms with Gasteiger partial charge in [0.05, 0.1) is 36.4 Å². The largest absolute Gasteiger partial charge is 0.467 e. The number of fused-ring (bicyclic) bond motifs is 3. The zero-order chi connectivity index (χ0) is 21.1. The van der Waals surface area contributed by atoms with E-state index < -0.39 is 0 Å². The lowest BCUT2D eigenvalue weighted by Crippen LogP contribution is -2.30. The van der Waals surface area contributed by atoms with E-state index in [1.165, 1.54) is 21.5 Å². The molecule has 3 aromatic rings. The third-order valence-electron chi connectivity index (χ3n) is 5.24. The van der Waals surface area contributed by atoms with E-state index in [9.17, 15) is 9.59 Å². The van der Waals surface area contributed by atoms with Crippen molar-refractivity contribution < 1.29 is 9.21 Å². The zero-order valence-corrected chi connectivity index (χ0v) is 18.4. The minimum Gasteiger partial charge on any atom is -0.467 e. The maximum Gasteiger partial charge on any atom is 0.263 e. The summed E-state index contributed by atoms with van der Waals surface area (Å²) in [6, 6.07) is 5.66. The molecule has 1 aliphatic rings. The Morgan fingerprint density at radius 1 is 1.43 bits per heavy atom. The lowest BCUT2D eigenvalue weighted by molar-refractivity contribution is -0.127. The first-order valence-electron chi connectivity index (χ1n) is 9.89. The summed E-state index contributed by atoms with van der Waals surface area (Å²) in [6.45, 7) is 0.666. The van der Waals surface area contributed by atoms with Gasteiger partial charge < -0.3 is 9.32 Å². The molecule has 0 N–H and O–H groups in total. The average molecular weight is 443 g/mol. The molecular weight excluding hydrogens is 420 g/mol. The van der Waals surface area contributed by atoms with Gasteiger partial charge in [0.25, 0.3) is 5.56 Å². The van der Waals surface area contributed by atoms with Crippen molar-refractivity contribution in [1.29, 1.82) is 5.26 Å². The first kappa shape index (κ1) is 20.7. The van der Waals surface area contributed by atoms with E-state index in [0.717, 1.165) is 41.5 Å². The Bertz CT molecular complexity index is 1160. The van der Waals surface area contributed by atoms with Crippen LogP contribution in [0.4, 0.5) is 0 Å². The number of aromatic nitrogens is 2. The SMILES string of the molecule is CN(CCC#N)C(=O)CSc1nc2sc3c(c2c(=O)n1Cc1ccco1)CCCC3. The van der Waals surface area contributed by atoms with Crippen molar-refractivity contribution >= 4 is 39.2 Å². The molecule has 1 amide bonds. The number of aryl methyl sites for hydroxylation is 2. The van der Waals surface area contributed by atoms with Crippen LogP contribution in [0.2, 0.25) is 0 Å². The van der Waals surface area contributed by atoms with Gasteiger partial charge in [-0.3, -0.25) is 14.2 Å². The summed E-state index contributed by atoms with van der Waals surface area (Å²) >= 11 is 2.86. The second kappa shape index (κ2) is 9.06. The number of carbonyl (C=O) groups is 1. The van der Waals surface area contributed by atoms with E-state index >= 15 is 0 Å². The van der Waals surface area contributed by atoms with Gasteiger partial charge in [-0.2, -0.15) is 5.26 Å². The summed E-state index contributed by atoms with van der Waals surface area (Å²) in [4.78, 5) is 34.2. The molecule has 0 aromatic carbocycles. The summed E-state index contributed by atoms with van der Waals surface area (Å²) in [5.41, 5.74) is 1.08. The van der Waals surface area contributed by atoms with Crippen LogP contribution in [0.3, 0.4) is 0 Å². The zero-order valence-electron chi connectivity index (χ0n) is 16.7. The number of hydrogen-bond donors (Lipinski definition) is 0. The first-order chi connectivity index (χ1) is 14.6. The molecule has 30 heavy (non-hydrogen) atoms. The van der Waals surface area contributed by atoms with Crippen LogP contribution >= 0.6 is 23.1 Å². The van der Waals surface area contributed by atoms with Crippen LogP contribution in [0.25, 0.3) is 10.2 Å². The summed E-state index contributed by atoms with van der Waals surface area (Å²) < 4.78 is 7.08. The van der Waals surface area contributed by atoms with E-state index in [1.54, 1.807) is 35.3 Å². The van der Waals surface area contributed by atoms with E-state index in [1.807, 2.05) is 12.1 Å². The van der Waals surface area contributed by atoms with Crippen LogP contribution in [0.15, 0.2) is 32.8 Å². The highest BCUT2D eigenvalue weighted by Crippen LogP contribution is 2.34. The molecule has 4 rings (SSSR count). The highest BCUT2D eigenvalue weighted by atomic mass is 32.2. The Balaban J connectivity index is 1.69. The molecule has 9 heteroatoms. The molecule has 0 radical (unpaired) electrons. The Morgan fingerprint density at radius 3 is 3.03 bits per heavy atom. The third-order valence-corrected chi connectivity index (χ3v) is 7.39. The summed E-state index contributed by atoms with van der Waals surface area (Å²) in [7, 11) is 1.68. The van der Waals surface area contributed by atoms with Crippen molar-refractivity contribution in [1.82, 2.24) is 14.5 Å². The molecule has 0 atom stereocenters. The Labute approximate surface area is 182 Å². The molecule has 156 valence electrons. The fraction of sp³-hybridized carbons (Fsp3) is 0.429. The number of rotatable bonds is 7. The summed E-state index contributed by atoms with van der Waals surface area (Å²) in [5.74, 6) is 0.727. The van der Waals surface area contributed by atoms with Crippen molar-refractivity contribution in [2.24, 2.45) is 0 Å². The van der Waals surface area contributed by atoms with E-state index in [4.69, 9.17) is 14.7 Å². The van der Waals surface area contributed by atoms with Gasteiger partial charge in [-0.25, -0.2) is 4.98 Å². The number of nitriles is 1. The predicted octanol–water partition coefficient (Wildman–Crippen LogP) is 3.44. The van der Waals surface area contributed by atoms with Gasteiger partial charge in [0.15, 0.2) is 5.16 Å². The minimum absolute atomic E-state index is 0.0661. The molecule has 0 aliphatic heterocycles. The van der Waals surface area contributed by atoms with Gasteiger partial charge in [0.2, 0.25) is 5.91 Å². The quantitative estimate of drug-likeness (QED) is 0.411. The predicted molar refractivity (Wildman–Crippen MR) is 117 cm³/mol. The van der Waals surface area contributed by atoms with Gasteiger partial charge >= 0.3 is 0 Å². The molecule has 3 aromatic heterocycles. The molecule has 0 bridgehead atoms. The molecule has 0 spiro atoms. The monoisotopic (exact) mass is 442 g/mol. The van der Waals surface area contributed by atoms with Crippen LogP contribution in [-0.2, 0) is 24.2 Å². The van der Waals surface area contributed by atoms with Crippen molar-refractivity contribution in [2.45, 2.75) is 43.8 Å². The molecule has 0 saturated carbocycles. The lowest BCUT2D eigenvalue weighted by Gasteiger charge is -2.16.